The standard InChI is InChI=1S/C23H33N7O3/c1-23(2,3)33-22(32)30-14-12-29(13-15-30)11-10-24-21(31)25-18-8-6-17(7-9-18)20-26-19(27-28-20)16-4-5-16/h6-9,16H,4-5,10-15H2,1-3H3,(H2,24,25,31)(H,26,27,28). The third kappa shape index (κ3) is 6.67. The zero-order valence-corrected chi connectivity index (χ0v) is 19.6. The van der Waals surface area contributed by atoms with Gasteiger partial charge >= 0.3 is 12.1 Å². The Morgan fingerprint density at radius 2 is 1.82 bits per heavy atom. The van der Waals surface area contributed by atoms with E-state index in [9.17, 15) is 9.59 Å². The molecule has 4 rings (SSSR count). The fourth-order valence-corrected chi connectivity index (χ4v) is 3.63. The number of nitrogens with one attached hydrogen (secondary N) is 3. The first-order chi connectivity index (χ1) is 15.8. The van der Waals surface area contributed by atoms with Crippen molar-refractivity contribution in [1.82, 2.24) is 30.3 Å². The molecule has 0 radical (unpaired) electrons. The van der Waals surface area contributed by atoms with Gasteiger partial charge in [-0.15, -0.1) is 0 Å². The van der Waals surface area contributed by atoms with Crippen molar-refractivity contribution in [3.8, 4) is 11.4 Å². The molecule has 3 amide bonds. The number of nitrogens with zero attached hydrogens (tertiary/aromatic N) is 4. The zero-order valence-electron chi connectivity index (χ0n) is 19.6. The molecule has 1 saturated heterocycles. The number of aromatic nitrogens is 3. The molecule has 10 heteroatoms. The Balaban J connectivity index is 1.15. The number of urea groups is 1. The number of H-pyrrole nitrogens is 1. The Bertz CT molecular complexity index is 955. The summed E-state index contributed by atoms with van der Waals surface area (Å²) in [5, 5.41) is 13.0. The Kier molecular flexibility index (Phi) is 6.83. The van der Waals surface area contributed by atoms with Crippen LogP contribution in [0.25, 0.3) is 11.4 Å². The molecule has 1 aromatic heterocycles. The molecule has 1 aliphatic heterocycles. The number of hydrogen-bond acceptors (Lipinski definition) is 6. The molecule has 1 aliphatic carbocycles. The van der Waals surface area contributed by atoms with Crippen LogP contribution in [-0.4, -0.2) is 82.0 Å². The highest BCUT2D eigenvalue weighted by molar-refractivity contribution is 5.89. The summed E-state index contributed by atoms with van der Waals surface area (Å²) in [7, 11) is 0. The van der Waals surface area contributed by atoms with Gasteiger partial charge in [0, 0.05) is 56.4 Å². The zero-order chi connectivity index (χ0) is 23.4. The van der Waals surface area contributed by atoms with Gasteiger partial charge in [0.25, 0.3) is 0 Å². The summed E-state index contributed by atoms with van der Waals surface area (Å²) >= 11 is 0. The first-order valence-electron chi connectivity index (χ1n) is 11.5. The van der Waals surface area contributed by atoms with E-state index >= 15 is 0 Å². The molecule has 2 fully saturated rings. The molecule has 1 aromatic carbocycles. The Morgan fingerprint density at radius 1 is 1.12 bits per heavy atom. The third-order valence-corrected chi connectivity index (χ3v) is 5.61. The van der Waals surface area contributed by atoms with E-state index in [1.54, 1.807) is 4.90 Å². The lowest BCUT2D eigenvalue weighted by Crippen LogP contribution is -2.51. The van der Waals surface area contributed by atoms with Gasteiger partial charge in [-0.25, -0.2) is 14.6 Å². The number of rotatable bonds is 6. The van der Waals surface area contributed by atoms with Gasteiger partial charge in [0.15, 0.2) is 5.82 Å². The van der Waals surface area contributed by atoms with Crippen molar-refractivity contribution in [2.24, 2.45) is 0 Å². The van der Waals surface area contributed by atoms with Crippen molar-refractivity contribution in [3.63, 3.8) is 0 Å². The maximum Gasteiger partial charge on any atom is 0.410 e. The van der Waals surface area contributed by atoms with Crippen molar-refractivity contribution in [1.29, 1.82) is 0 Å². The largest absolute Gasteiger partial charge is 0.444 e. The van der Waals surface area contributed by atoms with Crippen LogP contribution in [0.15, 0.2) is 24.3 Å². The van der Waals surface area contributed by atoms with Crippen molar-refractivity contribution in [2.75, 3.05) is 44.6 Å². The second-order valence-corrected chi connectivity index (χ2v) is 9.59. The molecule has 2 heterocycles. The van der Waals surface area contributed by atoms with E-state index in [4.69, 9.17) is 4.74 Å². The van der Waals surface area contributed by atoms with Gasteiger partial charge in [-0.2, -0.15) is 5.10 Å². The predicted octanol–water partition coefficient (Wildman–Crippen LogP) is 3.02. The van der Waals surface area contributed by atoms with Crippen LogP contribution in [0.3, 0.4) is 0 Å². The second kappa shape index (κ2) is 9.78. The van der Waals surface area contributed by atoms with E-state index < -0.39 is 5.60 Å². The van der Waals surface area contributed by atoms with Crippen LogP contribution in [-0.2, 0) is 4.74 Å². The minimum atomic E-state index is -0.485. The maximum absolute atomic E-state index is 12.2. The molecule has 0 bridgehead atoms. The molecule has 0 unspecified atom stereocenters. The van der Waals surface area contributed by atoms with Crippen molar-refractivity contribution in [2.45, 2.75) is 45.1 Å². The third-order valence-electron chi connectivity index (χ3n) is 5.61. The Morgan fingerprint density at radius 3 is 2.45 bits per heavy atom. The lowest BCUT2D eigenvalue weighted by Gasteiger charge is -2.35. The van der Waals surface area contributed by atoms with Crippen molar-refractivity contribution in [3.05, 3.63) is 30.1 Å². The van der Waals surface area contributed by atoms with Gasteiger partial charge < -0.3 is 20.3 Å². The first kappa shape index (κ1) is 23.0. The monoisotopic (exact) mass is 455 g/mol. The van der Waals surface area contributed by atoms with Gasteiger partial charge in [-0.1, -0.05) is 0 Å². The molecular weight excluding hydrogens is 422 g/mol. The molecule has 1 saturated carbocycles. The number of piperazine rings is 1. The summed E-state index contributed by atoms with van der Waals surface area (Å²) in [5.74, 6) is 2.17. The number of ether oxygens (including phenoxy) is 1. The summed E-state index contributed by atoms with van der Waals surface area (Å²) in [4.78, 5) is 32.9. The minimum absolute atomic E-state index is 0.246. The van der Waals surface area contributed by atoms with Crippen molar-refractivity contribution < 1.29 is 14.3 Å². The average Bonchev–Trinajstić information content (AvgIpc) is 3.50. The van der Waals surface area contributed by atoms with Gasteiger partial charge in [0.05, 0.1) is 0 Å². The van der Waals surface area contributed by atoms with Crippen LogP contribution in [0.2, 0.25) is 0 Å². The summed E-state index contributed by atoms with van der Waals surface area (Å²) in [6.07, 6.45) is 2.08. The number of carbonyl (C=O) groups excluding carboxylic acids is 2. The average molecular weight is 456 g/mol. The number of carbonyl (C=O) groups is 2. The fourth-order valence-electron chi connectivity index (χ4n) is 3.63. The molecule has 0 atom stereocenters. The van der Waals surface area contributed by atoms with E-state index in [1.165, 1.54) is 12.8 Å². The van der Waals surface area contributed by atoms with Gasteiger partial charge in [0.2, 0.25) is 0 Å². The Hall–Kier alpha value is -3.14. The fraction of sp³-hybridized carbons (Fsp3) is 0.565. The van der Waals surface area contributed by atoms with Gasteiger partial charge in [0.1, 0.15) is 11.4 Å². The van der Waals surface area contributed by atoms with Gasteiger partial charge in [-0.05, 0) is 57.9 Å². The Labute approximate surface area is 194 Å². The first-order valence-corrected chi connectivity index (χ1v) is 11.5. The SMILES string of the molecule is CC(C)(C)OC(=O)N1CCN(CCNC(=O)Nc2ccc(-c3n[nH]c(C4CC4)n3)cc2)CC1. The number of amides is 3. The summed E-state index contributed by atoms with van der Waals surface area (Å²) in [6, 6.07) is 7.25. The predicted molar refractivity (Wildman–Crippen MR) is 125 cm³/mol. The minimum Gasteiger partial charge on any atom is -0.444 e. The number of anilines is 1. The highest BCUT2D eigenvalue weighted by Gasteiger charge is 2.27. The van der Waals surface area contributed by atoms with Crippen LogP contribution in [0, 0.1) is 0 Å². The van der Waals surface area contributed by atoms with Crippen LogP contribution < -0.4 is 10.6 Å². The van der Waals surface area contributed by atoms with E-state index in [0.717, 1.165) is 31.0 Å². The van der Waals surface area contributed by atoms with E-state index in [1.807, 2.05) is 45.0 Å². The molecule has 0 spiro atoms. The molecule has 2 aliphatic rings. The topological polar surface area (TPSA) is 115 Å². The maximum atomic E-state index is 12.2. The molecule has 178 valence electrons. The molecule has 2 aromatic rings. The van der Waals surface area contributed by atoms with E-state index in [2.05, 4.69) is 30.7 Å². The summed E-state index contributed by atoms with van der Waals surface area (Å²) < 4.78 is 5.42. The molecule has 10 nitrogen and oxygen atoms in total. The summed E-state index contributed by atoms with van der Waals surface area (Å²) in [6.45, 7) is 9.62. The van der Waals surface area contributed by atoms with E-state index in [0.29, 0.717) is 37.1 Å². The molecular formula is C23H33N7O3. The van der Waals surface area contributed by atoms with Crippen LogP contribution in [0.1, 0.15) is 45.4 Å². The number of aromatic amines is 1. The highest BCUT2D eigenvalue weighted by Crippen LogP contribution is 2.38. The normalized spacial score (nSPS) is 17.0. The quantitative estimate of drug-likeness (QED) is 0.617. The summed E-state index contributed by atoms with van der Waals surface area (Å²) in [5.41, 5.74) is 1.14. The second-order valence-electron chi connectivity index (χ2n) is 9.59. The van der Waals surface area contributed by atoms with E-state index in [-0.39, 0.29) is 12.1 Å². The number of benzene rings is 1. The van der Waals surface area contributed by atoms with Crippen molar-refractivity contribution >= 4 is 17.8 Å². The number of hydrogen-bond donors (Lipinski definition) is 3. The smallest absolute Gasteiger partial charge is 0.410 e. The van der Waals surface area contributed by atoms with Crippen LogP contribution in [0.5, 0.6) is 0 Å². The molecule has 3 N–H and O–H groups in total. The highest BCUT2D eigenvalue weighted by atomic mass is 16.6. The van der Waals surface area contributed by atoms with Gasteiger partial charge in [-0.3, -0.25) is 10.00 Å². The van der Waals surface area contributed by atoms with Crippen LogP contribution in [0.4, 0.5) is 15.3 Å². The lowest BCUT2D eigenvalue weighted by molar-refractivity contribution is 0.0147. The van der Waals surface area contributed by atoms with Crippen LogP contribution >= 0.6 is 0 Å². The molecule has 33 heavy (non-hydrogen) atoms. The lowest BCUT2D eigenvalue weighted by atomic mass is 10.2.